The molecule has 0 amide bonds. The van der Waals surface area contributed by atoms with Gasteiger partial charge in [-0.1, -0.05) is 28.0 Å². The van der Waals surface area contributed by atoms with Crippen molar-refractivity contribution in [3.63, 3.8) is 0 Å². The highest BCUT2D eigenvalue weighted by Crippen LogP contribution is 2.23. The van der Waals surface area contributed by atoms with E-state index in [0.717, 1.165) is 28.9 Å². The van der Waals surface area contributed by atoms with Gasteiger partial charge in [0, 0.05) is 17.9 Å². The minimum Gasteiger partial charge on any atom is -0.485 e. The Bertz CT molecular complexity index is 542. The molecule has 5 nitrogen and oxygen atoms in total. The lowest BCUT2D eigenvalue weighted by Gasteiger charge is -2.09. The van der Waals surface area contributed by atoms with Gasteiger partial charge in [0.05, 0.1) is 0 Å². The van der Waals surface area contributed by atoms with Crippen LogP contribution in [0, 0.1) is 6.92 Å². The van der Waals surface area contributed by atoms with Crippen LogP contribution in [0.15, 0.2) is 27.2 Å². The number of nitrogens with zero attached hydrogens (tertiary/aromatic N) is 2. The summed E-state index contributed by atoms with van der Waals surface area (Å²) < 4.78 is 11.6. The maximum atomic E-state index is 5.65. The van der Waals surface area contributed by atoms with Gasteiger partial charge in [-0.2, -0.15) is 4.98 Å². The number of aromatic nitrogens is 2. The van der Waals surface area contributed by atoms with Crippen LogP contribution in [0.3, 0.4) is 0 Å². The monoisotopic (exact) mass is 325 g/mol. The first kappa shape index (κ1) is 14.0. The highest BCUT2D eigenvalue weighted by molar-refractivity contribution is 9.10. The number of rotatable bonds is 6. The molecular weight excluding hydrogens is 310 g/mol. The van der Waals surface area contributed by atoms with Crippen molar-refractivity contribution in [2.75, 3.05) is 6.54 Å². The van der Waals surface area contributed by atoms with E-state index in [4.69, 9.17) is 9.26 Å². The van der Waals surface area contributed by atoms with Gasteiger partial charge in [-0.25, -0.2) is 0 Å². The Morgan fingerprint density at radius 1 is 1.42 bits per heavy atom. The summed E-state index contributed by atoms with van der Waals surface area (Å²) in [7, 11) is 0. The first-order valence-corrected chi connectivity index (χ1v) is 6.89. The van der Waals surface area contributed by atoms with Gasteiger partial charge in [-0.3, -0.25) is 0 Å². The molecule has 0 atom stereocenters. The van der Waals surface area contributed by atoms with Gasteiger partial charge in [0.2, 0.25) is 11.7 Å². The third-order valence-corrected chi connectivity index (χ3v) is 3.29. The number of ether oxygens (including phenoxy) is 1. The average Bonchev–Trinajstić information content (AvgIpc) is 2.82. The molecule has 19 heavy (non-hydrogen) atoms. The highest BCUT2D eigenvalue weighted by atomic mass is 79.9. The molecule has 0 aliphatic heterocycles. The Hall–Kier alpha value is -1.40. The maximum absolute atomic E-state index is 5.65. The first-order valence-electron chi connectivity index (χ1n) is 6.10. The van der Waals surface area contributed by atoms with Crippen LogP contribution < -0.4 is 10.1 Å². The molecule has 1 aromatic heterocycles. The summed E-state index contributed by atoms with van der Waals surface area (Å²) in [5.74, 6) is 1.88. The van der Waals surface area contributed by atoms with Crippen LogP contribution in [0.4, 0.5) is 0 Å². The molecule has 102 valence electrons. The lowest BCUT2D eigenvalue weighted by molar-refractivity contribution is 0.285. The van der Waals surface area contributed by atoms with Gasteiger partial charge in [-0.05, 0) is 30.3 Å². The Morgan fingerprint density at radius 2 is 2.26 bits per heavy atom. The SMILES string of the molecule is CCNCc1cc(OCc2noc(C)n2)ccc1Br. The third kappa shape index (κ3) is 4.04. The smallest absolute Gasteiger partial charge is 0.223 e. The van der Waals surface area contributed by atoms with Crippen molar-refractivity contribution < 1.29 is 9.26 Å². The van der Waals surface area contributed by atoms with E-state index in [1.807, 2.05) is 18.2 Å². The van der Waals surface area contributed by atoms with Crippen LogP contribution in [0.5, 0.6) is 5.75 Å². The van der Waals surface area contributed by atoms with E-state index < -0.39 is 0 Å². The van der Waals surface area contributed by atoms with Crippen LogP contribution >= 0.6 is 15.9 Å². The van der Waals surface area contributed by atoms with Gasteiger partial charge in [0.1, 0.15) is 5.75 Å². The zero-order valence-electron chi connectivity index (χ0n) is 10.9. The van der Waals surface area contributed by atoms with Crippen LogP contribution in [-0.2, 0) is 13.2 Å². The second kappa shape index (κ2) is 6.68. The fourth-order valence-corrected chi connectivity index (χ4v) is 1.97. The van der Waals surface area contributed by atoms with E-state index in [0.29, 0.717) is 18.3 Å². The second-order valence-corrected chi connectivity index (χ2v) is 4.91. The Morgan fingerprint density at radius 3 is 2.95 bits per heavy atom. The van der Waals surface area contributed by atoms with Gasteiger partial charge in [-0.15, -0.1) is 0 Å². The number of nitrogens with one attached hydrogen (secondary N) is 1. The highest BCUT2D eigenvalue weighted by Gasteiger charge is 2.05. The summed E-state index contributed by atoms with van der Waals surface area (Å²) in [6, 6.07) is 5.88. The normalized spacial score (nSPS) is 10.7. The van der Waals surface area contributed by atoms with Crippen molar-refractivity contribution in [2.24, 2.45) is 0 Å². The predicted octanol–water partition coefficient (Wildman–Crippen LogP) is 2.83. The molecule has 2 rings (SSSR count). The first-order chi connectivity index (χ1) is 9.19. The molecule has 0 spiro atoms. The lowest BCUT2D eigenvalue weighted by Crippen LogP contribution is -2.12. The summed E-state index contributed by atoms with van der Waals surface area (Å²) in [6.45, 7) is 5.87. The standard InChI is InChI=1S/C13H16BrN3O2/c1-3-15-7-10-6-11(4-5-12(10)14)18-8-13-16-9(2)19-17-13/h4-6,15H,3,7-8H2,1-2H3. The van der Waals surface area contributed by atoms with Crippen LogP contribution in [0.2, 0.25) is 0 Å². The fourth-order valence-electron chi connectivity index (χ4n) is 1.58. The van der Waals surface area contributed by atoms with E-state index in [9.17, 15) is 0 Å². The Kier molecular flexibility index (Phi) is 4.93. The zero-order valence-corrected chi connectivity index (χ0v) is 12.5. The summed E-state index contributed by atoms with van der Waals surface area (Å²) in [6.07, 6.45) is 0. The molecule has 1 heterocycles. The van der Waals surface area contributed by atoms with E-state index in [2.05, 4.69) is 38.3 Å². The summed E-state index contributed by atoms with van der Waals surface area (Å²) in [4.78, 5) is 4.09. The van der Waals surface area contributed by atoms with E-state index in [1.165, 1.54) is 0 Å². The molecule has 2 aromatic rings. The zero-order chi connectivity index (χ0) is 13.7. The van der Waals surface area contributed by atoms with Crippen molar-refractivity contribution in [2.45, 2.75) is 27.0 Å². The molecule has 0 saturated carbocycles. The third-order valence-electron chi connectivity index (χ3n) is 2.52. The number of benzene rings is 1. The average molecular weight is 326 g/mol. The van der Waals surface area contributed by atoms with Crippen molar-refractivity contribution in [1.29, 1.82) is 0 Å². The Balaban J connectivity index is 2.00. The molecule has 1 N–H and O–H groups in total. The van der Waals surface area contributed by atoms with Gasteiger partial charge in [0.25, 0.3) is 0 Å². The number of hydrogen-bond donors (Lipinski definition) is 1. The summed E-state index contributed by atoms with van der Waals surface area (Å²) in [5.41, 5.74) is 1.16. The van der Waals surface area contributed by atoms with E-state index in [-0.39, 0.29) is 0 Å². The molecule has 0 saturated heterocycles. The minimum absolute atomic E-state index is 0.305. The van der Waals surface area contributed by atoms with Crippen molar-refractivity contribution in [3.8, 4) is 5.75 Å². The van der Waals surface area contributed by atoms with Gasteiger partial charge in [0.15, 0.2) is 6.61 Å². The fraction of sp³-hybridized carbons (Fsp3) is 0.385. The van der Waals surface area contributed by atoms with E-state index >= 15 is 0 Å². The summed E-state index contributed by atoms with van der Waals surface area (Å²) in [5, 5.41) is 7.07. The van der Waals surface area contributed by atoms with Gasteiger partial charge < -0.3 is 14.6 Å². The molecule has 0 aliphatic carbocycles. The minimum atomic E-state index is 0.305. The molecule has 0 unspecified atom stereocenters. The number of aryl methyl sites for hydroxylation is 1. The molecule has 6 heteroatoms. The molecule has 0 bridgehead atoms. The summed E-state index contributed by atoms with van der Waals surface area (Å²) >= 11 is 3.52. The molecule has 0 fully saturated rings. The largest absolute Gasteiger partial charge is 0.485 e. The van der Waals surface area contributed by atoms with Crippen molar-refractivity contribution >= 4 is 15.9 Å². The van der Waals surface area contributed by atoms with Gasteiger partial charge >= 0.3 is 0 Å². The Labute approximate surface area is 120 Å². The van der Waals surface area contributed by atoms with Crippen LogP contribution in [0.1, 0.15) is 24.2 Å². The topological polar surface area (TPSA) is 60.2 Å². The predicted molar refractivity (Wildman–Crippen MR) is 74.9 cm³/mol. The molecular formula is C13H16BrN3O2. The van der Waals surface area contributed by atoms with Crippen molar-refractivity contribution in [1.82, 2.24) is 15.5 Å². The van der Waals surface area contributed by atoms with Crippen LogP contribution in [0.25, 0.3) is 0 Å². The molecule has 0 aliphatic rings. The van der Waals surface area contributed by atoms with Crippen LogP contribution in [-0.4, -0.2) is 16.7 Å². The van der Waals surface area contributed by atoms with E-state index in [1.54, 1.807) is 6.92 Å². The number of hydrogen-bond acceptors (Lipinski definition) is 5. The number of halogens is 1. The second-order valence-electron chi connectivity index (χ2n) is 4.05. The van der Waals surface area contributed by atoms with Crippen molar-refractivity contribution in [3.05, 3.63) is 40.0 Å². The molecule has 0 radical (unpaired) electrons. The molecule has 1 aromatic carbocycles. The maximum Gasteiger partial charge on any atom is 0.223 e. The quantitative estimate of drug-likeness (QED) is 0.884. The lowest BCUT2D eigenvalue weighted by atomic mass is 10.2.